The van der Waals surface area contributed by atoms with Crippen molar-refractivity contribution >= 4 is 34.8 Å². The summed E-state index contributed by atoms with van der Waals surface area (Å²) in [7, 11) is 0. The predicted octanol–water partition coefficient (Wildman–Crippen LogP) is 0.632. The first-order valence-electron chi connectivity index (χ1n) is 5.53. The van der Waals surface area contributed by atoms with Crippen LogP contribution >= 0.6 is 11.6 Å². The van der Waals surface area contributed by atoms with Gasteiger partial charge < -0.3 is 16.4 Å². The van der Waals surface area contributed by atoms with Gasteiger partial charge in [-0.25, -0.2) is 0 Å². The lowest BCUT2D eigenvalue weighted by atomic mass is 10.1. The van der Waals surface area contributed by atoms with Gasteiger partial charge in [-0.15, -0.1) is 0 Å². The topological polar surface area (TPSA) is 113 Å². The van der Waals surface area contributed by atoms with Crippen molar-refractivity contribution in [3.05, 3.63) is 22.7 Å². The molecule has 2 amide bonds. The maximum absolute atomic E-state index is 11.9. The molecule has 0 radical (unpaired) electrons. The van der Waals surface area contributed by atoms with Crippen LogP contribution in [0.2, 0.25) is 5.02 Å². The number of carbonyl (C=O) groups excluding carboxylic acids is 2. The monoisotopic (exact) mass is 278 g/mol. The van der Waals surface area contributed by atoms with Crippen molar-refractivity contribution in [3.8, 4) is 6.07 Å². The summed E-state index contributed by atoms with van der Waals surface area (Å²) in [6.45, 7) is 0.171. The van der Waals surface area contributed by atoms with Gasteiger partial charge in [0.05, 0.1) is 27.9 Å². The average molecular weight is 279 g/mol. The van der Waals surface area contributed by atoms with E-state index < -0.39 is 11.8 Å². The smallest absolute Gasteiger partial charge is 0.227 e. The predicted molar refractivity (Wildman–Crippen MR) is 70.2 cm³/mol. The molecule has 0 saturated carbocycles. The summed E-state index contributed by atoms with van der Waals surface area (Å²) in [4.78, 5) is 24.4. The number of benzene rings is 1. The van der Waals surface area contributed by atoms with Gasteiger partial charge >= 0.3 is 0 Å². The molecule has 1 atom stereocenters. The minimum atomic E-state index is -0.534. The highest BCUT2D eigenvalue weighted by Crippen LogP contribution is 2.34. The molecule has 0 spiro atoms. The summed E-state index contributed by atoms with van der Waals surface area (Å²) in [6, 6.07) is 4.94. The molecule has 0 bridgehead atoms. The molecule has 1 unspecified atom stereocenters. The van der Waals surface area contributed by atoms with Crippen molar-refractivity contribution in [2.24, 2.45) is 11.7 Å². The van der Waals surface area contributed by atoms with E-state index in [1.807, 2.05) is 6.07 Å². The molecule has 98 valence electrons. The minimum absolute atomic E-state index is 0.0548. The molecular weight excluding hydrogens is 268 g/mol. The maximum Gasteiger partial charge on any atom is 0.227 e. The van der Waals surface area contributed by atoms with E-state index in [0.29, 0.717) is 5.69 Å². The standard InChI is InChI=1S/C12H11ClN4O2/c13-8-1-2-9(11(15)7(8)4-14)17-5-6(12(16)19)3-10(17)18/h1-2,6H,3,5,15H2,(H2,16,19). The minimum Gasteiger partial charge on any atom is -0.396 e. The molecule has 7 heteroatoms. The Hall–Kier alpha value is -2.26. The number of anilines is 2. The van der Waals surface area contributed by atoms with Crippen LogP contribution in [0.3, 0.4) is 0 Å². The summed E-state index contributed by atoms with van der Waals surface area (Å²) in [5.74, 6) is -1.31. The SMILES string of the molecule is N#Cc1c(Cl)ccc(N2CC(C(N)=O)CC2=O)c1N. The molecule has 1 heterocycles. The first-order valence-corrected chi connectivity index (χ1v) is 5.91. The summed E-state index contributed by atoms with van der Waals surface area (Å²) in [5, 5.41) is 9.20. The number of carbonyl (C=O) groups is 2. The van der Waals surface area contributed by atoms with Crippen LogP contribution in [0, 0.1) is 17.2 Å². The van der Waals surface area contributed by atoms with Crippen LogP contribution < -0.4 is 16.4 Å². The largest absolute Gasteiger partial charge is 0.396 e. The fourth-order valence-electron chi connectivity index (χ4n) is 2.06. The second-order valence-corrected chi connectivity index (χ2v) is 4.68. The van der Waals surface area contributed by atoms with Gasteiger partial charge in [0.1, 0.15) is 6.07 Å². The summed E-state index contributed by atoms with van der Waals surface area (Å²) >= 11 is 5.84. The van der Waals surface area contributed by atoms with Crippen LogP contribution in [-0.2, 0) is 9.59 Å². The molecule has 19 heavy (non-hydrogen) atoms. The quantitative estimate of drug-likeness (QED) is 0.772. The Labute approximate surface area is 114 Å². The average Bonchev–Trinajstić information content (AvgIpc) is 2.72. The molecule has 2 rings (SSSR count). The van der Waals surface area contributed by atoms with E-state index >= 15 is 0 Å². The van der Waals surface area contributed by atoms with E-state index in [9.17, 15) is 9.59 Å². The molecule has 1 saturated heterocycles. The van der Waals surface area contributed by atoms with E-state index in [1.54, 1.807) is 6.07 Å². The third-order valence-corrected chi connectivity index (χ3v) is 3.42. The summed E-state index contributed by atoms with van der Waals surface area (Å²) in [5.41, 5.74) is 11.7. The highest BCUT2D eigenvalue weighted by molar-refractivity contribution is 6.32. The van der Waals surface area contributed by atoms with Crippen LogP contribution in [0.1, 0.15) is 12.0 Å². The number of hydrogen-bond donors (Lipinski definition) is 2. The van der Waals surface area contributed by atoms with Gasteiger partial charge in [-0.05, 0) is 12.1 Å². The number of nitrogen functional groups attached to an aromatic ring is 1. The van der Waals surface area contributed by atoms with E-state index in [1.165, 1.54) is 11.0 Å². The zero-order chi connectivity index (χ0) is 14.2. The Morgan fingerprint density at radius 3 is 2.74 bits per heavy atom. The fraction of sp³-hybridized carbons (Fsp3) is 0.250. The molecule has 0 aromatic heterocycles. The number of halogens is 1. The normalized spacial score (nSPS) is 18.4. The molecule has 4 N–H and O–H groups in total. The fourth-order valence-corrected chi connectivity index (χ4v) is 2.27. The Morgan fingerprint density at radius 2 is 2.21 bits per heavy atom. The van der Waals surface area contributed by atoms with Crippen LogP contribution in [0.15, 0.2) is 12.1 Å². The first-order chi connectivity index (χ1) is 8.95. The zero-order valence-electron chi connectivity index (χ0n) is 9.89. The molecule has 1 aromatic rings. The number of primary amides is 1. The molecule has 0 aliphatic carbocycles. The third-order valence-electron chi connectivity index (χ3n) is 3.10. The molecular formula is C12H11ClN4O2. The lowest BCUT2D eigenvalue weighted by molar-refractivity contribution is -0.123. The second-order valence-electron chi connectivity index (χ2n) is 4.27. The van der Waals surface area contributed by atoms with Crippen molar-refractivity contribution in [2.45, 2.75) is 6.42 Å². The van der Waals surface area contributed by atoms with Crippen molar-refractivity contribution in [3.63, 3.8) is 0 Å². The maximum atomic E-state index is 11.9. The number of nitriles is 1. The van der Waals surface area contributed by atoms with Gasteiger partial charge in [0.25, 0.3) is 0 Å². The lowest BCUT2D eigenvalue weighted by Gasteiger charge is -2.19. The Kier molecular flexibility index (Phi) is 3.32. The molecule has 1 aliphatic heterocycles. The van der Waals surface area contributed by atoms with Gasteiger partial charge in [-0.1, -0.05) is 11.6 Å². The number of nitrogens with zero attached hydrogens (tertiary/aromatic N) is 2. The highest BCUT2D eigenvalue weighted by Gasteiger charge is 2.35. The molecule has 6 nitrogen and oxygen atoms in total. The second kappa shape index (κ2) is 4.78. The zero-order valence-corrected chi connectivity index (χ0v) is 10.6. The van der Waals surface area contributed by atoms with Crippen molar-refractivity contribution in [1.29, 1.82) is 5.26 Å². The number of hydrogen-bond acceptors (Lipinski definition) is 4. The van der Waals surface area contributed by atoms with Gasteiger partial charge in [0, 0.05) is 13.0 Å². The third kappa shape index (κ3) is 2.20. The lowest BCUT2D eigenvalue weighted by Crippen LogP contribution is -2.29. The molecule has 1 fully saturated rings. The Balaban J connectivity index is 2.42. The summed E-state index contributed by atoms with van der Waals surface area (Å²) < 4.78 is 0. The van der Waals surface area contributed by atoms with Crippen molar-refractivity contribution < 1.29 is 9.59 Å². The van der Waals surface area contributed by atoms with Crippen LogP contribution in [0.4, 0.5) is 11.4 Å². The van der Waals surface area contributed by atoms with E-state index in [2.05, 4.69) is 0 Å². The number of rotatable bonds is 2. The van der Waals surface area contributed by atoms with Gasteiger partial charge in [-0.2, -0.15) is 5.26 Å². The molecule has 1 aromatic carbocycles. The summed E-state index contributed by atoms with van der Waals surface area (Å²) in [6.07, 6.45) is 0.0548. The van der Waals surface area contributed by atoms with Crippen LogP contribution in [-0.4, -0.2) is 18.4 Å². The molecule has 1 aliphatic rings. The van der Waals surface area contributed by atoms with E-state index in [4.69, 9.17) is 28.3 Å². The Bertz CT molecular complexity index is 608. The van der Waals surface area contributed by atoms with Gasteiger partial charge in [0.2, 0.25) is 11.8 Å². The number of nitrogens with two attached hydrogens (primary N) is 2. The Morgan fingerprint density at radius 1 is 1.53 bits per heavy atom. The van der Waals surface area contributed by atoms with Crippen molar-refractivity contribution in [2.75, 3.05) is 17.2 Å². The highest BCUT2D eigenvalue weighted by atomic mass is 35.5. The van der Waals surface area contributed by atoms with Crippen LogP contribution in [0.5, 0.6) is 0 Å². The first kappa shape index (κ1) is 13.2. The number of amides is 2. The van der Waals surface area contributed by atoms with Crippen molar-refractivity contribution in [1.82, 2.24) is 0 Å². The van der Waals surface area contributed by atoms with Crippen LogP contribution in [0.25, 0.3) is 0 Å². The van der Waals surface area contributed by atoms with E-state index in [-0.39, 0.29) is 35.1 Å². The van der Waals surface area contributed by atoms with Gasteiger partial charge in [0.15, 0.2) is 0 Å². The van der Waals surface area contributed by atoms with Gasteiger partial charge in [-0.3, -0.25) is 9.59 Å². The van der Waals surface area contributed by atoms with E-state index in [0.717, 1.165) is 0 Å².